The van der Waals surface area contributed by atoms with Crippen LogP contribution in [0.1, 0.15) is 126 Å². The molecule has 580 valence electrons. The molecule has 2 unspecified atom stereocenters. The van der Waals surface area contributed by atoms with Crippen molar-refractivity contribution in [3.8, 4) is 61.3 Å². The Bertz CT molecular complexity index is 6770. The first-order chi connectivity index (χ1) is 58.9. The molecule has 18 aromatic rings. The number of furan rings is 2. The second-order valence-corrected chi connectivity index (χ2v) is 33.2. The first-order valence-corrected chi connectivity index (χ1v) is 43.5. The van der Waals surface area contributed by atoms with Crippen molar-refractivity contribution >= 4 is 111 Å². The van der Waals surface area contributed by atoms with Gasteiger partial charge in [-0.25, -0.2) is 0 Å². The summed E-state index contributed by atoms with van der Waals surface area (Å²) in [6.45, 7) is 4.67. The zero-order valence-corrected chi connectivity index (χ0v) is 67.8. The standard InChI is InChI=1S/C113H96N4O2/c1-3-5-7-9-11-25-73-113(74-26-12-10-8-6-4-2)103-75-89(114(85-65-53-81(54-66-85)91-35-27-37-101-99-33-17-23-43-109(99)118-111(91)101)83-57-45-77(46-58-83)79-49-61-87(62-50-79)116-105-39-19-13-29-95(105)96-30-14-20-40-106(96)116)69-71-93(103)94-72-70-90(76-104(94)113)115(86-67-55-82(56-68-86)92-36-28-38-102-100-34-18-24-44-110(100)119-112(92)102)84-59-47-78(48-60-84)80-51-63-88(64-52-80)117-107-41-21-15-31-97(107)98-32-16-22-42-108(98)117/h13-24,27-72,75-76,95,105H,3-12,25-26,73-74H2,1-2H3. The smallest absolute Gasteiger partial charge is 0.143 e. The Kier molecular flexibility index (Phi) is 19.4. The third-order valence-corrected chi connectivity index (χ3v) is 26.2. The molecule has 15 aromatic carbocycles. The van der Waals surface area contributed by atoms with Gasteiger partial charge in [0, 0.05) is 106 Å². The summed E-state index contributed by atoms with van der Waals surface area (Å²) < 4.78 is 15.8. The minimum Gasteiger partial charge on any atom is -0.455 e. The van der Waals surface area contributed by atoms with Crippen LogP contribution in [0.3, 0.4) is 0 Å². The molecule has 0 N–H and O–H groups in total. The van der Waals surface area contributed by atoms with Crippen molar-refractivity contribution in [3.05, 3.63) is 381 Å². The average molecular weight is 1540 g/mol. The molecule has 2 atom stereocenters. The predicted molar refractivity (Wildman–Crippen MR) is 502 cm³/mol. The minimum absolute atomic E-state index is 0.243. The van der Waals surface area contributed by atoms with Gasteiger partial charge in [-0.1, -0.05) is 328 Å². The summed E-state index contributed by atoms with van der Waals surface area (Å²) in [5.41, 5.74) is 32.1. The molecule has 2 aliphatic carbocycles. The monoisotopic (exact) mass is 1540 g/mol. The van der Waals surface area contributed by atoms with Crippen molar-refractivity contribution in [2.45, 2.75) is 121 Å². The lowest BCUT2D eigenvalue weighted by molar-refractivity contribution is 0.398. The molecular weight excluding hydrogens is 1450 g/mol. The quantitative estimate of drug-likeness (QED) is 0.0506. The van der Waals surface area contributed by atoms with Crippen LogP contribution in [0.25, 0.3) is 127 Å². The van der Waals surface area contributed by atoms with Crippen LogP contribution in [-0.4, -0.2) is 10.6 Å². The Morgan fingerprint density at radius 3 is 1.16 bits per heavy atom. The van der Waals surface area contributed by atoms with Crippen LogP contribution in [0, 0.1) is 0 Å². The third kappa shape index (κ3) is 13.2. The van der Waals surface area contributed by atoms with Crippen LogP contribution < -0.4 is 14.7 Å². The maximum atomic E-state index is 6.69. The number of benzene rings is 15. The van der Waals surface area contributed by atoms with Gasteiger partial charge in [0.2, 0.25) is 0 Å². The largest absolute Gasteiger partial charge is 0.455 e. The molecule has 0 radical (unpaired) electrons. The molecule has 0 spiro atoms. The van der Waals surface area contributed by atoms with Crippen molar-refractivity contribution in [2.24, 2.45) is 0 Å². The van der Waals surface area contributed by atoms with Gasteiger partial charge in [-0.15, -0.1) is 0 Å². The van der Waals surface area contributed by atoms with E-state index in [4.69, 9.17) is 8.83 Å². The van der Waals surface area contributed by atoms with E-state index in [2.05, 4.69) is 397 Å². The number of unbranched alkanes of at least 4 members (excludes halogenated alkanes) is 10. The lowest BCUT2D eigenvalue weighted by atomic mass is 9.70. The molecular formula is C113H96N4O2. The molecule has 21 rings (SSSR count). The van der Waals surface area contributed by atoms with E-state index in [9.17, 15) is 0 Å². The third-order valence-electron chi connectivity index (χ3n) is 26.2. The zero-order valence-electron chi connectivity index (χ0n) is 67.8. The fraction of sp³-hybridized carbons (Fsp3) is 0.168. The molecule has 0 saturated heterocycles. The maximum Gasteiger partial charge on any atom is 0.143 e. The zero-order chi connectivity index (χ0) is 79.3. The molecule has 0 saturated carbocycles. The Balaban J connectivity index is 0.684. The van der Waals surface area contributed by atoms with Crippen molar-refractivity contribution in [1.29, 1.82) is 0 Å². The number of hydrogen-bond donors (Lipinski definition) is 0. The van der Waals surface area contributed by atoms with Gasteiger partial charge in [0.15, 0.2) is 0 Å². The maximum absolute atomic E-state index is 6.69. The number of para-hydroxylation sites is 7. The van der Waals surface area contributed by atoms with Gasteiger partial charge >= 0.3 is 0 Å². The fourth-order valence-corrected chi connectivity index (χ4v) is 20.3. The summed E-state index contributed by atoms with van der Waals surface area (Å²) in [5.74, 6) is 0.330. The van der Waals surface area contributed by atoms with E-state index in [1.54, 1.807) is 0 Å². The van der Waals surface area contributed by atoms with Crippen LogP contribution in [0.5, 0.6) is 0 Å². The molecule has 3 aliphatic rings. The van der Waals surface area contributed by atoms with Gasteiger partial charge in [0.25, 0.3) is 0 Å². The number of aromatic nitrogens is 1. The summed E-state index contributed by atoms with van der Waals surface area (Å²) in [5, 5.41) is 7.05. The Hall–Kier alpha value is -13.4. The summed E-state index contributed by atoms with van der Waals surface area (Å²) in [6.07, 6.45) is 25.9. The van der Waals surface area contributed by atoms with Gasteiger partial charge in [0.1, 0.15) is 22.3 Å². The van der Waals surface area contributed by atoms with Crippen LogP contribution in [-0.2, 0) is 5.41 Å². The highest BCUT2D eigenvalue weighted by molar-refractivity contribution is 6.12. The van der Waals surface area contributed by atoms with Gasteiger partial charge in [0.05, 0.1) is 17.1 Å². The van der Waals surface area contributed by atoms with Gasteiger partial charge in [-0.2, -0.15) is 0 Å². The Labute approximate surface area is 697 Å². The van der Waals surface area contributed by atoms with E-state index in [1.807, 2.05) is 0 Å². The number of nitrogens with zero attached hydrogens (tertiary/aromatic N) is 4. The van der Waals surface area contributed by atoms with Crippen LogP contribution in [0.4, 0.5) is 45.5 Å². The topological polar surface area (TPSA) is 40.9 Å². The van der Waals surface area contributed by atoms with Crippen molar-refractivity contribution in [2.75, 3.05) is 14.7 Å². The first kappa shape index (κ1) is 73.2. The summed E-state index contributed by atoms with van der Waals surface area (Å²) in [7, 11) is 0. The molecule has 6 nitrogen and oxygen atoms in total. The number of hydrogen-bond acceptors (Lipinski definition) is 5. The molecule has 1 aliphatic heterocycles. The molecule has 0 fully saturated rings. The minimum atomic E-state index is -0.291. The van der Waals surface area contributed by atoms with E-state index in [1.165, 1.54) is 142 Å². The number of allylic oxidation sites excluding steroid dienone is 2. The van der Waals surface area contributed by atoms with E-state index in [-0.39, 0.29) is 11.5 Å². The van der Waals surface area contributed by atoms with Gasteiger partial charge < -0.3 is 28.1 Å². The van der Waals surface area contributed by atoms with E-state index in [0.29, 0.717) is 5.92 Å². The number of anilines is 8. The van der Waals surface area contributed by atoms with Crippen molar-refractivity contribution in [3.63, 3.8) is 0 Å². The molecule has 6 heteroatoms. The lowest BCUT2D eigenvalue weighted by Gasteiger charge is -2.35. The van der Waals surface area contributed by atoms with Gasteiger partial charge in [-0.3, -0.25) is 0 Å². The molecule has 3 aromatic heterocycles. The van der Waals surface area contributed by atoms with E-state index >= 15 is 0 Å². The number of rotatable bonds is 26. The predicted octanol–water partition coefficient (Wildman–Crippen LogP) is 32.7. The van der Waals surface area contributed by atoms with Crippen LogP contribution >= 0.6 is 0 Å². The summed E-state index contributed by atoms with van der Waals surface area (Å²) >= 11 is 0. The number of fused-ring (bicyclic) bond motifs is 15. The first-order valence-electron chi connectivity index (χ1n) is 43.5. The van der Waals surface area contributed by atoms with E-state index < -0.39 is 0 Å². The molecule has 0 amide bonds. The Morgan fingerprint density at radius 1 is 0.303 bits per heavy atom. The molecule has 0 bridgehead atoms. The van der Waals surface area contributed by atoms with Gasteiger partial charge in [-0.05, 0) is 201 Å². The summed E-state index contributed by atoms with van der Waals surface area (Å²) in [6, 6.07) is 127. The molecule has 4 heterocycles. The fourth-order valence-electron chi connectivity index (χ4n) is 20.3. The van der Waals surface area contributed by atoms with Crippen LogP contribution in [0.15, 0.2) is 373 Å². The van der Waals surface area contributed by atoms with Crippen molar-refractivity contribution < 1.29 is 8.83 Å². The SMILES string of the molecule is CCCCCCCCC1(CCCCCCCC)c2cc(N(c3ccc(-c4ccc(N5c6ccccc6C6C=CC=CC65)cc4)cc3)c3ccc(-c4cccc5c4oc4ccccc45)cc3)ccc2-c2ccc(N(c3ccc(-c4ccc(-n5c6ccccc6c6ccccc65)cc4)cc3)c3ccc(-c4cccc5c4oc4ccccc45)cc3)cc21. The molecule has 119 heavy (non-hydrogen) atoms. The Morgan fingerprint density at radius 2 is 0.681 bits per heavy atom. The van der Waals surface area contributed by atoms with Crippen LogP contribution in [0.2, 0.25) is 0 Å². The second kappa shape index (κ2) is 31.6. The second-order valence-electron chi connectivity index (χ2n) is 33.2. The highest BCUT2D eigenvalue weighted by atomic mass is 16.3. The van der Waals surface area contributed by atoms with E-state index in [0.717, 1.165) is 137 Å². The van der Waals surface area contributed by atoms with Crippen molar-refractivity contribution in [1.82, 2.24) is 4.57 Å². The average Bonchev–Trinajstić information content (AvgIpc) is 1.58. The summed E-state index contributed by atoms with van der Waals surface area (Å²) in [4.78, 5) is 7.55. The normalized spacial score (nSPS) is 14.4. The highest BCUT2D eigenvalue weighted by Gasteiger charge is 2.44. The lowest BCUT2D eigenvalue weighted by Crippen LogP contribution is -2.28. The highest BCUT2D eigenvalue weighted by Crippen LogP contribution is 2.58.